The number of benzene rings is 1. The Morgan fingerprint density at radius 1 is 1.45 bits per heavy atom. The van der Waals surface area contributed by atoms with Gasteiger partial charge in [0.25, 0.3) is 0 Å². The summed E-state index contributed by atoms with van der Waals surface area (Å²) in [7, 11) is -4.42. The molecule has 110 valence electrons. The number of hydrogen-bond acceptors (Lipinski definition) is 4. The third-order valence-electron chi connectivity index (χ3n) is 2.38. The summed E-state index contributed by atoms with van der Waals surface area (Å²) in [6, 6.07) is 1.62. The van der Waals surface area contributed by atoms with Crippen molar-refractivity contribution in [3.63, 3.8) is 0 Å². The molecule has 0 aromatic heterocycles. The smallest absolute Gasteiger partial charge is 0.322 e. The van der Waals surface area contributed by atoms with Gasteiger partial charge in [0.1, 0.15) is 16.8 Å². The molecule has 20 heavy (non-hydrogen) atoms. The first-order valence-electron chi connectivity index (χ1n) is 5.43. The highest BCUT2D eigenvalue weighted by Crippen LogP contribution is 2.16. The average molecular weight is 304 g/mol. The lowest BCUT2D eigenvalue weighted by Gasteiger charge is -2.14. The number of sulfonamides is 1. The molecule has 0 bridgehead atoms. The van der Waals surface area contributed by atoms with Crippen LogP contribution in [-0.2, 0) is 19.6 Å². The van der Waals surface area contributed by atoms with Crippen LogP contribution in [0.25, 0.3) is 0 Å². The second-order valence-corrected chi connectivity index (χ2v) is 5.80. The number of aliphatic carboxylic acids is 1. The number of primary amides is 1. The predicted molar refractivity (Wildman–Crippen MR) is 66.7 cm³/mol. The van der Waals surface area contributed by atoms with E-state index in [9.17, 15) is 22.4 Å². The minimum Gasteiger partial charge on any atom is -0.480 e. The highest BCUT2D eigenvalue weighted by Gasteiger charge is 2.28. The SMILES string of the molecule is Cc1ccc(F)c(S(=O)(=O)NC(CC(N)=O)C(=O)O)c1. The summed E-state index contributed by atoms with van der Waals surface area (Å²) in [5.41, 5.74) is 5.31. The van der Waals surface area contributed by atoms with Gasteiger partial charge in [-0.1, -0.05) is 6.07 Å². The number of nitrogens with one attached hydrogen (secondary N) is 1. The first-order valence-corrected chi connectivity index (χ1v) is 6.91. The Hall–Kier alpha value is -2.00. The standard InChI is InChI=1S/C11H13FN2O5S/c1-6-2-3-7(12)9(4-6)20(18,19)14-8(11(16)17)5-10(13)15/h2-4,8,14H,5H2,1H3,(H2,13,15)(H,16,17). The lowest BCUT2D eigenvalue weighted by molar-refractivity contribution is -0.140. The minimum absolute atomic E-state index is 0.480. The molecular formula is C11H13FN2O5S. The van der Waals surface area contributed by atoms with Gasteiger partial charge in [0.15, 0.2) is 0 Å². The number of carbonyl (C=O) groups excluding carboxylic acids is 1. The first-order chi connectivity index (χ1) is 9.13. The fourth-order valence-corrected chi connectivity index (χ4v) is 2.80. The number of hydrogen-bond donors (Lipinski definition) is 3. The van der Waals surface area contributed by atoms with Gasteiger partial charge in [0.2, 0.25) is 15.9 Å². The number of nitrogens with two attached hydrogens (primary N) is 1. The van der Waals surface area contributed by atoms with E-state index in [1.165, 1.54) is 6.07 Å². The zero-order chi connectivity index (χ0) is 15.5. The molecule has 0 fully saturated rings. The van der Waals surface area contributed by atoms with Crippen LogP contribution >= 0.6 is 0 Å². The lowest BCUT2D eigenvalue weighted by atomic mass is 10.2. The maximum atomic E-state index is 13.5. The highest BCUT2D eigenvalue weighted by atomic mass is 32.2. The zero-order valence-electron chi connectivity index (χ0n) is 10.5. The van der Waals surface area contributed by atoms with Crippen LogP contribution in [-0.4, -0.2) is 31.4 Å². The Bertz CT molecular complexity index is 644. The first kappa shape index (κ1) is 16.1. The van der Waals surface area contributed by atoms with E-state index in [-0.39, 0.29) is 0 Å². The minimum atomic E-state index is -4.42. The number of halogens is 1. The van der Waals surface area contributed by atoms with Gasteiger partial charge in [-0.3, -0.25) is 9.59 Å². The molecule has 4 N–H and O–H groups in total. The number of amides is 1. The Balaban J connectivity index is 3.12. The lowest BCUT2D eigenvalue weighted by Crippen LogP contribution is -2.43. The van der Waals surface area contributed by atoms with E-state index in [4.69, 9.17) is 10.8 Å². The van der Waals surface area contributed by atoms with E-state index in [0.717, 1.165) is 12.1 Å². The summed E-state index contributed by atoms with van der Waals surface area (Å²) in [5, 5.41) is 8.83. The molecule has 1 atom stereocenters. The molecule has 1 aromatic carbocycles. The Kier molecular flexibility index (Phi) is 4.79. The highest BCUT2D eigenvalue weighted by molar-refractivity contribution is 7.89. The number of carboxylic acid groups (broad SMARTS) is 1. The monoisotopic (exact) mass is 304 g/mol. The maximum absolute atomic E-state index is 13.5. The van der Waals surface area contributed by atoms with E-state index < -0.39 is 45.1 Å². The maximum Gasteiger partial charge on any atom is 0.322 e. The molecule has 1 amide bonds. The van der Waals surface area contributed by atoms with Crippen molar-refractivity contribution < 1.29 is 27.5 Å². The van der Waals surface area contributed by atoms with Crippen LogP contribution in [0.3, 0.4) is 0 Å². The molecule has 9 heteroatoms. The zero-order valence-corrected chi connectivity index (χ0v) is 11.3. The molecule has 1 aromatic rings. The molecule has 7 nitrogen and oxygen atoms in total. The molecule has 0 heterocycles. The number of carbonyl (C=O) groups is 2. The largest absolute Gasteiger partial charge is 0.480 e. The van der Waals surface area contributed by atoms with Crippen LogP contribution in [0.15, 0.2) is 23.1 Å². The van der Waals surface area contributed by atoms with Gasteiger partial charge < -0.3 is 10.8 Å². The molecule has 1 unspecified atom stereocenters. The van der Waals surface area contributed by atoms with Crippen LogP contribution < -0.4 is 10.5 Å². The van der Waals surface area contributed by atoms with Crippen molar-refractivity contribution in [3.8, 4) is 0 Å². The Labute approximate surface area is 114 Å². The van der Waals surface area contributed by atoms with Gasteiger partial charge in [-0.25, -0.2) is 12.8 Å². The van der Waals surface area contributed by atoms with Crippen molar-refractivity contribution in [2.45, 2.75) is 24.3 Å². The second kappa shape index (κ2) is 5.97. The number of aryl methyl sites for hydroxylation is 1. The van der Waals surface area contributed by atoms with Crippen molar-refractivity contribution >= 4 is 21.9 Å². The summed E-state index contributed by atoms with van der Waals surface area (Å²) in [4.78, 5) is 20.9. The van der Waals surface area contributed by atoms with Crippen LogP contribution in [0.5, 0.6) is 0 Å². The van der Waals surface area contributed by atoms with Crippen molar-refractivity contribution in [1.82, 2.24) is 4.72 Å². The third-order valence-corrected chi connectivity index (χ3v) is 3.86. The van der Waals surface area contributed by atoms with Crippen LogP contribution in [0.1, 0.15) is 12.0 Å². The van der Waals surface area contributed by atoms with E-state index in [2.05, 4.69) is 0 Å². The van der Waals surface area contributed by atoms with E-state index in [1.54, 1.807) is 11.6 Å². The molecule has 0 aliphatic rings. The number of rotatable bonds is 6. The van der Waals surface area contributed by atoms with Gasteiger partial charge >= 0.3 is 5.97 Å². The van der Waals surface area contributed by atoms with Gasteiger partial charge in [-0.2, -0.15) is 4.72 Å². The molecule has 0 spiro atoms. The summed E-state index contributed by atoms with van der Waals surface area (Å²) in [5.74, 6) is -3.60. The van der Waals surface area contributed by atoms with Gasteiger partial charge in [-0.05, 0) is 24.6 Å². The molecule has 0 saturated heterocycles. The molecule has 1 rings (SSSR count). The summed E-state index contributed by atoms with van der Waals surface area (Å²) in [6.45, 7) is 1.55. The summed E-state index contributed by atoms with van der Waals surface area (Å²) < 4.78 is 39.1. The van der Waals surface area contributed by atoms with E-state index in [1.807, 2.05) is 0 Å². The summed E-state index contributed by atoms with van der Waals surface area (Å²) in [6.07, 6.45) is -0.734. The fraction of sp³-hybridized carbons (Fsp3) is 0.273. The summed E-state index contributed by atoms with van der Waals surface area (Å²) >= 11 is 0. The van der Waals surface area contributed by atoms with Crippen LogP contribution in [0.4, 0.5) is 4.39 Å². The van der Waals surface area contributed by atoms with Crippen molar-refractivity contribution in [3.05, 3.63) is 29.6 Å². The molecular weight excluding hydrogens is 291 g/mol. The molecule has 0 radical (unpaired) electrons. The average Bonchev–Trinajstić information content (AvgIpc) is 2.30. The van der Waals surface area contributed by atoms with Crippen LogP contribution in [0, 0.1) is 12.7 Å². The topological polar surface area (TPSA) is 127 Å². The molecule has 0 saturated carbocycles. The fourth-order valence-electron chi connectivity index (χ4n) is 1.45. The van der Waals surface area contributed by atoms with Crippen LogP contribution in [0.2, 0.25) is 0 Å². The Morgan fingerprint density at radius 2 is 2.05 bits per heavy atom. The van der Waals surface area contributed by atoms with Crippen molar-refractivity contribution in [1.29, 1.82) is 0 Å². The van der Waals surface area contributed by atoms with E-state index >= 15 is 0 Å². The second-order valence-electron chi connectivity index (χ2n) is 4.12. The quantitative estimate of drug-likeness (QED) is 0.667. The molecule has 0 aliphatic heterocycles. The third kappa shape index (κ3) is 4.00. The van der Waals surface area contributed by atoms with Gasteiger partial charge in [-0.15, -0.1) is 0 Å². The normalized spacial score (nSPS) is 12.9. The van der Waals surface area contributed by atoms with E-state index in [0.29, 0.717) is 5.56 Å². The molecule has 0 aliphatic carbocycles. The van der Waals surface area contributed by atoms with Gasteiger partial charge in [0.05, 0.1) is 6.42 Å². The van der Waals surface area contributed by atoms with Crippen molar-refractivity contribution in [2.75, 3.05) is 0 Å². The number of carboxylic acids is 1. The van der Waals surface area contributed by atoms with Gasteiger partial charge in [0, 0.05) is 0 Å². The van der Waals surface area contributed by atoms with Crippen molar-refractivity contribution in [2.24, 2.45) is 5.73 Å². The predicted octanol–water partition coefficient (Wildman–Crippen LogP) is -0.259. The Morgan fingerprint density at radius 3 is 2.55 bits per heavy atom.